The molecule has 0 aliphatic rings. The number of hydrogen-bond acceptors (Lipinski definition) is 6. The number of aldehydes is 1. The maximum Gasteiger partial charge on any atom is 0.438 e. The highest BCUT2D eigenvalue weighted by molar-refractivity contribution is 6.30. The van der Waals surface area contributed by atoms with Crippen LogP contribution in [0.1, 0.15) is 11.1 Å². The molecule has 174 valence electrons. The van der Waals surface area contributed by atoms with Gasteiger partial charge in [0.2, 0.25) is 5.71 Å². The number of aryl methyl sites for hydroxylation is 1. The van der Waals surface area contributed by atoms with Crippen LogP contribution in [0.3, 0.4) is 0 Å². The first kappa shape index (κ1) is 24.8. The van der Waals surface area contributed by atoms with Gasteiger partial charge in [0.25, 0.3) is 0 Å². The fourth-order valence-electron chi connectivity index (χ4n) is 2.68. The molecule has 1 N–H and O–H groups in total. The van der Waals surface area contributed by atoms with Gasteiger partial charge in [0.1, 0.15) is 6.67 Å². The smallest absolute Gasteiger partial charge is 0.438 e. The van der Waals surface area contributed by atoms with E-state index in [1.54, 1.807) is 13.0 Å². The molecule has 32 heavy (non-hydrogen) atoms. The number of alkyl halides is 3. The van der Waals surface area contributed by atoms with Gasteiger partial charge < -0.3 is 14.8 Å². The number of methoxy groups -OCH3 is 2. The summed E-state index contributed by atoms with van der Waals surface area (Å²) in [5.41, 5.74) is -0.898. The van der Waals surface area contributed by atoms with E-state index in [0.717, 1.165) is 5.01 Å². The van der Waals surface area contributed by atoms with Crippen LogP contribution in [0.25, 0.3) is 0 Å². The van der Waals surface area contributed by atoms with Gasteiger partial charge in [-0.15, -0.1) is 0 Å². The van der Waals surface area contributed by atoms with Crippen LogP contribution in [0, 0.1) is 24.4 Å². The van der Waals surface area contributed by atoms with Crippen molar-refractivity contribution >= 4 is 17.7 Å². The number of nitrogens with one attached hydrogen (secondary N) is 1. The Kier molecular flexibility index (Phi) is 7.95. The van der Waals surface area contributed by atoms with Gasteiger partial charge in [-0.05, 0) is 36.2 Å². The first-order valence-corrected chi connectivity index (χ1v) is 8.96. The van der Waals surface area contributed by atoms with E-state index in [0.29, 0.717) is 34.9 Å². The molecule has 0 radical (unpaired) electrons. The Morgan fingerprint density at radius 1 is 1.06 bits per heavy atom. The van der Waals surface area contributed by atoms with Crippen LogP contribution in [-0.4, -0.2) is 44.1 Å². The van der Waals surface area contributed by atoms with E-state index < -0.39 is 48.8 Å². The third-order valence-electron chi connectivity index (χ3n) is 4.24. The number of benzene rings is 2. The second kappa shape index (κ2) is 10.2. The molecule has 0 unspecified atom stereocenters. The van der Waals surface area contributed by atoms with Gasteiger partial charge in [0.05, 0.1) is 20.8 Å². The fraction of sp³-hybridized carbons (Fsp3) is 0.300. The quantitative estimate of drug-likeness (QED) is 0.149. The summed E-state index contributed by atoms with van der Waals surface area (Å²) in [5, 5.41) is 6.80. The van der Waals surface area contributed by atoms with E-state index in [9.17, 15) is 31.1 Å². The van der Waals surface area contributed by atoms with Crippen molar-refractivity contribution in [3.63, 3.8) is 0 Å². The van der Waals surface area contributed by atoms with Crippen LogP contribution in [0.2, 0.25) is 0 Å². The maximum absolute atomic E-state index is 13.5. The van der Waals surface area contributed by atoms with E-state index in [-0.39, 0.29) is 5.56 Å². The van der Waals surface area contributed by atoms with Crippen molar-refractivity contribution in [3.8, 4) is 11.5 Å². The Morgan fingerprint density at radius 3 is 2.12 bits per heavy atom. The van der Waals surface area contributed by atoms with Gasteiger partial charge in [-0.2, -0.15) is 18.3 Å². The minimum atomic E-state index is -5.06. The van der Waals surface area contributed by atoms with Crippen molar-refractivity contribution in [1.29, 1.82) is 0 Å². The molecule has 2 rings (SSSR count). The summed E-state index contributed by atoms with van der Waals surface area (Å²) in [6.45, 7) is 0.709. The Morgan fingerprint density at radius 2 is 1.62 bits per heavy atom. The lowest BCUT2D eigenvalue weighted by Gasteiger charge is -2.23. The van der Waals surface area contributed by atoms with Gasteiger partial charge in [0, 0.05) is 11.8 Å². The van der Waals surface area contributed by atoms with E-state index >= 15 is 0 Å². The topological polar surface area (TPSA) is 63.2 Å². The van der Waals surface area contributed by atoms with E-state index in [1.807, 2.05) is 0 Å². The van der Waals surface area contributed by atoms with Crippen molar-refractivity contribution in [2.75, 3.05) is 26.2 Å². The lowest BCUT2D eigenvalue weighted by atomic mass is 10.1. The summed E-state index contributed by atoms with van der Waals surface area (Å²) in [5.74, 6) is -3.99. The summed E-state index contributed by atoms with van der Waals surface area (Å²) >= 11 is 0. The number of ether oxygens (including phenoxy) is 2. The number of nitrogens with zero attached hydrogens (tertiary/aromatic N) is 2. The molecule has 0 aliphatic carbocycles. The lowest BCUT2D eigenvalue weighted by Crippen LogP contribution is -2.31. The van der Waals surface area contributed by atoms with Crippen LogP contribution >= 0.6 is 0 Å². The summed E-state index contributed by atoms with van der Waals surface area (Å²) in [7, 11) is 2.82. The molecule has 0 atom stereocenters. The van der Waals surface area contributed by atoms with E-state index in [4.69, 9.17) is 9.47 Å². The van der Waals surface area contributed by atoms with Crippen LogP contribution in [0.5, 0.6) is 11.5 Å². The number of anilines is 1. The highest BCUT2D eigenvalue weighted by atomic mass is 19.4. The van der Waals surface area contributed by atoms with Crippen molar-refractivity contribution in [2.24, 2.45) is 5.10 Å². The molecule has 0 aromatic heterocycles. The normalized spacial score (nSPS) is 11.8. The molecule has 0 fully saturated rings. The van der Waals surface area contributed by atoms with Crippen LogP contribution in [0.4, 0.5) is 32.0 Å². The minimum absolute atomic E-state index is 0.205. The second-order valence-corrected chi connectivity index (χ2v) is 6.50. The largest absolute Gasteiger partial charge is 0.493 e. The number of carbonyl (C=O) groups excluding carboxylic acids is 1. The summed E-state index contributed by atoms with van der Waals surface area (Å²) in [6, 6.07) is 4.39. The third kappa shape index (κ3) is 6.05. The first-order chi connectivity index (χ1) is 15.0. The molecule has 0 bridgehead atoms. The van der Waals surface area contributed by atoms with Crippen molar-refractivity contribution in [2.45, 2.75) is 19.6 Å². The molecule has 2 aromatic carbocycles. The summed E-state index contributed by atoms with van der Waals surface area (Å²) in [6.07, 6.45) is -5.54. The Bertz CT molecular complexity index is 988. The minimum Gasteiger partial charge on any atom is -0.493 e. The third-order valence-corrected chi connectivity index (χ3v) is 4.24. The number of halogens is 6. The Labute approximate surface area is 179 Å². The zero-order valence-electron chi connectivity index (χ0n) is 17.2. The molecule has 2 aromatic rings. The molecule has 0 amide bonds. The van der Waals surface area contributed by atoms with Crippen molar-refractivity contribution in [1.82, 2.24) is 5.01 Å². The monoisotopic (exact) mass is 463 g/mol. The lowest BCUT2D eigenvalue weighted by molar-refractivity contribution is -0.107. The van der Waals surface area contributed by atoms with Gasteiger partial charge in [-0.25, -0.2) is 13.2 Å². The van der Waals surface area contributed by atoms with Gasteiger partial charge in [0.15, 0.2) is 35.2 Å². The Hall–Kier alpha value is -3.44. The molecule has 0 saturated carbocycles. The highest BCUT2D eigenvalue weighted by Gasteiger charge is 2.36. The highest BCUT2D eigenvalue weighted by Crippen LogP contribution is 2.33. The zero-order chi connectivity index (χ0) is 24.1. The molecule has 12 heteroatoms. The average molecular weight is 463 g/mol. The molecule has 0 aliphatic heterocycles. The number of rotatable bonds is 9. The molecular formula is C20H19F6N3O3. The molecular weight excluding hydrogens is 444 g/mol. The first-order valence-electron chi connectivity index (χ1n) is 8.96. The van der Waals surface area contributed by atoms with Gasteiger partial charge >= 0.3 is 6.18 Å². The van der Waals surface area contributed by atoms with Crippen LogP contribution in [0.15, 0.2) is 29.4 Å². The second-order valence-electron chi connectivity index (χ2n) is 6.50. The van der Waals surface area contributed by atoms with Gasteiger partial charge in [-0.1, -0.05) is 0 Å². The molecule has 6 nitrogen and oxygen atoms in total. The molecule has 0 spiro atoms. The van der Waals surface area contributed by atoms with Gasteiger partial charge in [-0.3, -0.25) is 9.80 Å². The number of hydrazone groups is 1. The van der Waals surface area contributed by atoms with Crippen molar-refractivity contribution in [3.05, 3.63) is 52.8 Å². The van der Waals surface area contributed by atoms with Crippen LogP contribution < -0.4 is 14.8 Å². The fourth-order valence-corrected chi connectivity index (χ4v) is 2.68. The van der Waals surface area contributed by atoms with Crippen molar-refractivity contribution < 1.29 is 40.6 Å². The number of carbonyl (C=O) groups is 1. The van der Waals surface area contributed by atoms with E-state index in [2.05, 4.69) is 10.4 Å². The maximum atomic E-state index is 13.5. The zero-order valence-corrected chi connectivity index (χ0v) is 17.2. The summed E-state index contributed by atoms with van der Waals surface area (Å²) in [4.78, 5) is 10.9. The SMILES string of the molecule is COc1cc(C)c(NCN(Cc2cc(F)c(F)c(F)c2)/N=C(\C=O)C(F)(F)F)cc1OC. The summed E-state index contributed by atoms with van der Waals surface area (Å²) < 4.78 is 89.6. The Balaban J connectivity index is 2.37. The predicted octanol–water partition coefficient (Wildman–Crippen LogP) is 4.42. The average Bonchev–Trinajstić information content (AvgIpc) is 2.73. The standard InChI is InChI=1S/C20H19F6N3O3/c1-11-4-16(31-2)17(32-3)7-15(11)27-10-29(28-18(9-30)20(24,25)26)8-12-5-13(21)19(23)14(22)6-12/h4-7,9,27H,8,10H2,1-3H3/b28-18+. The number of hydrogen-bond donors (Lipinski definition) is 1. The van der Waals surface area contributed by atoms with E-state index in [1.165, 1.54) is 20.3 Å². The predicted molar refractivity (Wildman–Crippen MR) is 104 cm³/mol. The van der Waals surface area contributed by atoms with Crippen LogP contribution in [-0.2, 0) is 11.3 Å². The molecule has 0 heterocycles. The molecule has 0 saturated heterocycles.